The molecule has 0 fully saturated rings. The van der Waals surface area contributed by atoms with Crippen LogP contribution in [0.4, 0.5) is 5.69 Å². The number of hydrogen-bond donors (Lipinski definition) is 3. The molecule has 1 aliphatic rings. The fourth-order valence-corrected chi connectivity index (χ4v) is 3.36. The third-order valence-corrected chi connectivity index (χ3v) is 5.02. The lowest BCUT2D eigenvalue weighted by atomic mass is 10.1. The normalized spacial score (nSPS) is 12.8. The molecule has 1 aliphatic heterocycles. The average Bonchev–Trinajstić information content (AvgIpc) is 3.22. The van der Waals surface area contributed by atoms with Gasteiger partial charge in [0.2, 0.25) is 5.91 Å². The van der Waals surface area contributed by atoms with E-state index < -0.39 is 11.9 Å². The highest BCUT2D eigenvalue weighted by atomic mass is 16.5. The van der Waals surface area contributed by atoms with Gasteiger partial charge in [-0.2, -0.15) is 0 Å². The number of fused-ring (bicyclic) bond motifs is 1. The maximum Gasteiger partial charge on any atom is 0.414 e. The van der Waals surface area contributed by atoms with E-state index in [2.05, 4.69) is 11.4 Å². The van der Waals surface area contributed by atoms with E-state index in [9.17, 15) is 4.79 Å². The molecule has 0 radical (unpaired) electrons. The van der Waals surface area contributed by atoms with Gasteiger partial charge in [0.05, 0.1) is 20.3 Å². The minimum atomic E-state index is -1.82. The van der Waals surface area contributed by atoms with Gasteiger partial charge in [-0.15, -0.1) is 0 Å². The van der Waals surface area contributed by atoms with Crippen molar-refractivity contribution in [3.63, 3.8) is 0 Å². The van der Waals surface area contributed by atoms with Gasteiger partial charge in [-0.1, -0.05) is 24.3 Å². The van der Waals surface area contributed by atoms with Crippen LogP contribution in [0.5, 0.6) is 11.5 Å². The Bertz CT molecular complexity index is 949. The fourth-order valence-electron chi connectivity index (χ4n) is 3.36. The highest BCUT2D eigenvalue weighted by Gasteiger charge is 2.27. The fraction of sp³-hybridized carbons (Fsp3) is 0.348. The summed E-state index contributed by atoms with van der Waals surface area (Å²) in [5.74, 6) is -2.07. The van der Waals surface area contributed by atoms with Crippen LogP contribution >= 0.6 is 0 Å². The van der Waals surface area contributed by atoms with Gasteiger partial charge in [0.1, 0.15) is 0 Å². The third kappa shape index (κ3) is 6.45. The summed E-state index contributed by atoms with van der Waals surface area (Å²) in [5.41, 5.74) is 3.44. The highest BCUT2D eigenvalue weighted by molar-refractivity contribution is 6.27. The SMILES string of the molecule is COc1ccc(CCNC(C)C(=O)N2CCc3ccccc32)cc1OC.O=C(O)C(=O)O. The molecule has 172 valence electrons. The molecular weight excluding hydrogens is 416 g/mol. The second-order valence-corrected chi connectivity index (χ2v) is 7.09. The zero-order valence-electron chi connectivity index (χ0n) is 18.3. The zero-order valence-corrected chi connectivity index (χ0v) is 18.3. The molecule has 1 amide bonds. The van der Waals surface area contributed by atoms with E-state index in [4.69, 9.17) is 29.3 Å². The molecule has 9 heteroatoms. The second kappa shape index (κ2) is 11.7. The molecule has 1 heterocycles. The van der Waals surface area contributed by atoms with Crippen LogP contribution in [0.25, 0.3) is 0 Å². The largest absolute Gasteiger partial charge is 0.493 e. The van der Waals surface area contributed by atoms with Crippen molar-refractivity contribution in [1.29, 1.82) is 0 Å². The van der Waals surface area contributed by atoms with E-state index in [1.54, 1.807) is 14.2 Å². The van der Waals surface area contributed by atoms with Gasteiger partial charge >= 0.3 is 11.9 Å². The molecule has 0 aliphatic carbocycles. The van der Waals surface area contributed by atoms with Gasteiger partial charge in [0.15, 0.2) is 11.5 Å². The van der Waals surface area contributed by atoms with Gasteiger partial charge in [-0.05, 0) is 55.6 Å². The summed E-state index contributed by atoms with van der Waals surface area (Å²) in [6, 6.07) is 13.8. The Morgan fingerprint density at radius 3 is 2.31 bits per heavy atom. The third-order valence-electron chi connectivity index (χ3n) is 5.02. The van der Waals surface area contributed by atoms with Crippen molar-refractivity contribution in [2.24, 2.45) is 0 Å². The van der Waals surface area contributed by atoms with Gasteiger partial charge < -0.3 is 29.9 Å². The van der Waals surface area contributed by atoms with Crippen molar-refractivity contribution in [1.82, 2.24) is 5.32 Å². The summed E-state index contributed by atoms with van der Waals surface area (Å²) >= 11 is 0. The number of nitrogens with one attached hydrogen (secondary N) is 1. The summed E-state index contributed by atoms with van der Waals surface area (Å²) in [7, 11) is 3.26. The number of amides is 1. The minimum absolute atomic E-state index is 0.127. The second-order valence-electron chi connectivity index (χ2n) is 7.09. The summed E-state index contributed by atoms with van der Waals surface area (Å²) in [6.45, 7) is 3.41. The Balaban J connectivity index is 0.000000534. The lowest BCUT2D eigenvalue weighted by Gasteiger charge is -2.22. The molecule has 0 saturated carbocycles. The molecule has 0 spiro atoms. The number of ether oxygens (including phenoxy) is 2. The summed E-state index contributed by atoms with van der Waals surface area (Å²) in [4.78, 5) is 32.9. The van der Waals surface area contributed by atoms with Crippen molar-refractivity contribution >= 4 is 23.5 Å². The predicted molar refractivity (Wildman–Crippen MR) is 118 cm³/mol. The number of aliphatic carboxylic acids is 2. The Kier molecular flexibility index (Phi) is 9.03. The standard InChI is InChI=1S/C21H26N2O3.C2H2O4/c1-15(21(24)23-13-11-17-6-4-5-7-18(17)23)22-12-10-16-8-9-19(25-2)20(14-16)26-3;3-1(4)2(5)6/h4-9,14-15,22H,10-13H2,1-3H3;(H,3,4)(H,5,6). The predicted octanol–water partition coefficient (Wildman–Crippen LogP) is 1.97. The Morgan fingerprint density at radius 2 is 1.69 bits per heavy atom. The van der Waals surface area contributed by atoms with Gasteiger partial charge in [0.25, 0.3) is 0 Å². The molecule has 2 aromatic rings. The molecule has 2 aromatic carbocycles. The monoisotopic (exact) mass is 444 g/mol. The molecule has 9 nitrogen and oxygen atoms in total. The van der Waals surface area contributed by atoms with Crippen molar-refractivity contribution < 1.29 is 34.1 Å². The van der Waals surface area contributed by atoms with Crippen molar-refractivity contribution in [2.75, 3.05) is 32.2 Å². The first-order valence-electron chi connectivity index (χ1n) is 10.1. The summed E-state index contributed by atoms with van der Waals surface area (Å²) in [6.07, 6.45) is 1.74. The molecule has 32 heavy (non-hydrogen) atoms. The number of rotatable bonds is 7. The minimum Gasteiger partial charge on any atom is -0.493 e. The van der Waals surface area contributed by atoms with E-state index in [1.807, 2.05) is 48.2 Å². The lowest BCUT2D eigenvalue weighted by molar-refractivity contribution is -0.159. The first-order chi connectivity index (χ1) is 15.3. The maximum absolute atomic E-state index is 12.8. The van der Waals surface area contributed by atoms with E-state index >= 15 is 0 Å². The van der Waals surface area contributed by atoms with Crippen LogP contribution in [0.3, 0.4) is 0 Å². The zero-order chi connectivity index (χ0) is 23.7. The van der Waals surface area contributed by atoms with Crippen LogP contribution < -0.4 is 19.7 Å². The van der Waals surface area contributed by atoms with Crippen LogP contribution in [-0.2, 0) is 27.2 Å². The van der Waals surface area contributed by atoms with E-state index in [-0.39, 0.29) is 11.9 Å². The summed E-state index contributed by atoms with van der Waals surface area (Å²) in [5, 5.41) is 18.1. The van der Waals surface area contributed by atoms with Crippen LogP contribution in [0.2, 0.25) is 0 Å². The molecule has 0 bridgehead atoms. The Morgan fingerprint density at radius 1 is 1.03 bits per heavy atom. The quantitative estimate of drug-likeness (QED) is 0.554. The van der Waals surface area contributed by atoms with Crippen LogP contribution in [0.1, 0.15) is 18.1 Å². The number of methoxy groups -OCH3 is 2. The number of carboxylic acid groups (broad SMARTS) is 2. The summed E-state index contributed by atoms with van der Waals surface area (Å²) < 4.78 is 10.6. The average molecular weight is 444 g/mol. The molecule has 3 N–H and O–H groups in total. The van der Waals surface area contributed by atoms with E-state index in [0.29, 0.717) is 0 Å². The number of carbonyl (C=O) groups excluding carboxylic acids is 1. The van der Waals surface area contributed by atoms with Crippen molar-refractivity contribution in [3.05, 3.63) is 53.6 Å². The van der Waals surface area contributed by atoms with E-state index in [0.717, 1.165) is 48.7 Å². The highest BCUT2D eigenvalue weighted by Crippen LogP contribution is 2.28. The van der Waals surface area contributed by atoms with Crippen LogP contribution in [0.15, 0.2) is 42.5 Å². The molecule has 0 aromatic heterocycles. The molecule has 3 rings (SSSR count). The number of para-hydroxylation sites is 1. The van der Waals surface area contributed by atoms with Gasteiger partial charge in [-0.3, -0.25) is 4.79 Å². The van der Waals surface area contributed by atoms with Crippen LogP contribution in [0, 0.1) is 0 Å². The Hall–Kier alpha value is -3.59. The number of carbonyl (C=O) groups is 3. The molecule has 0 saturated heterocycles. The van der Waals surface area contributed by atoms with Crippen molar-refractivity contribution in [3.8, 4) is 11.5 Å². The molecule has 1 atom stereocenters. The van der Waals surface area contributed by atoms with Gasteiger partial charge in [-0.25, -0.2) is 9.59 Å². The number of nitrogens with zero attached hydrogens (tertiary/aromatic N) is 1. The number of hydrogen-bond acceptors (Lipinski definition) is 6. The number of anilines is 1. The first kappa shape index (κ1) is 24.7. The first-order valence-corrected chi connectivity index (χ1v) is 10.1. The number of benzene rings is 2. The lowest BCUT2D eigenvalue weighted by Crippen LogP contribution is -2.45. The maximum atomic E-state index is 12.8. The van der Waals surface area contributed by atoms with Crippen LogP contribution in [-0.4, -0.2) is 61.4 Å². The van der Waals surface area contributed by atoms with Crippen molar-refractivity contribution in [2.45, 2.75) is 25.8 Å². The molecular formula is C23H28N2O7. The smallest absolute Gasteiger partial charge is 0.414 e. The molecule has 1 unspecified atom stereocenters. The Labute approximate surface area is 186 Å². The van der Waals surface area contributed by atoms with Gasteiger partial charge in [0, 0.05) is 12.2 Å². The topological polar surface area (TPSA) is 125 Å². The van der Waals surface area contributed by atoms with E-state index in [1.165, 1.54) is 5.56 Å². The number of carboxylic acids is 2.